The highest BCUT2D eigenvalue weighted by Crippen LogP contribution is 2.27. The lowest BCUT2D eigenvalue weighted by atomic mass is 9.85. The first-order valence-electron chi connectivity index (χ1n) is 7.16. The lowest BCUT2D eigenvalue weighted by Crippen LogP contribution is -2.20. The second-order valence-corrected chi connectivity index (χ2v) is 5.67. The Labute approximate surface area is 122 Å². The topological polar surface area (TPSA) is 57.5 Å². The lowest BCUT2D eigenvalue weighted by molar-refractivity contribution is -0.133. The Kier molecular flexibility index (Phi) is 8.89. The number of carboxylic acids is 1. The molecule has 0 radical (unpaired) electrons. The van der Waals surface area contributed by atoms with E-state index in [0.717, 1.165) is 25.7 Å². The van der Waals surface area contributed by atoms with Crippen molar-refractivity contribution in [2.24, 2.45) is 11.8 Å². The molecule has 3 unspecified atom stereocenters. The van der Waals surface area contributed by atoms with Crippen LogP contribution in [-0.4, -0.2) is 22.3 Å². The van der Waals surface area contributed by atoms with Gasteiger partial charge in [0.25, 0.3) is 0 Å². The van der Waals surface area contributed by atoms with Crippen LogP contribution < -0.4 is 0 Å². The summed E-state index contributed by atoms with van der Waals surface area (Å²) in [5.41, 5.74) is 0.842. The molecule has 20 heavy (non-hydrogen) atoms. The lowest BCUT2D eigenvalue weighted by Gasteiger charge is -2.22. The predicted octanol–water partition coefficient (Wildman–Crippen LogP) is 3.95. The van der Waals surface area contributed by atoms with Gasteiger partial charge in [-0.3, -0.25) is 0 Å². The molecule has 114 valence electrons. The van der Waals surface area contributed by atoms with Crippen molar-refractivity contribution in [1.29, 1.82) is 0 Å². The second-order valence-electron chi connectivity index (χ2n) is 5.67. The van der Waals surface area contributed by atoms with Crippen molar-refractivity contribution in [2.45, 2.75) is 52.1 Å². The number of allylic oxidation sites excluding steroid dienone is 1. The number of hydrogen-bond donors (Lipinski definition) is 2. The maximum absolute atomic E-state index is 11.1. The summed E-state index contributed by atoms with van der Waals surface area (Å²) in [4.78, 5) is 11.1. The minimum absolute atomic E-state index is 0.182. The van der Waals surface area contributed by atoms with E-state index in [0.29, 0.717) is 17.9 Å². The quantitative estimate of drug-likeness (QED) is 0.445. The van der Waals surface area contributed by atoms with E-state index in [-0.39, 0.29) is 11.5 Å². The Morgan fingerprint density at radius 2 is 1.85 bits per heavy atom. The van der Waals surface area contributed by atoms with Crippen LogP contribution in [0.25, 0.3) is 0 Å². The molecule has 0 rings (SSSR count). The highest BCUT2D eigenvalue weighted by Gasteiger charge is 2.22. The molecule has 0 aromatic rings. The van der Waals surface area contributed by atoms with Gasteiger partial charge in [-0.05, 0) is 44.4 Å². The highest BCUT2D eigenvalue weighted by atomic mass is 16.4. The molecular formula is C17H28O3. The molecule has 3 nitrogen and oxygen atoms in total. The summed E-state index contributed by atoms with van der Waals surface area (Å²) in [7, 11) is 0. The molecule has 0 aliphatic heterocycles. The first kappa shape index (κ1) is 18.7. The monoisotopic (exact) mass is 280 g/mol. The Morgan fingerprint density at radius 3 is 2.30 bits per heavy atom. The fourth-order valence-electron chi connectivity index (χ4n) is 2.11. The Balaban J connectivity index is 4.53. The van der Waals surface area contributed by atoms with E-state index in [1.165, 1.54) is 0 Å². The molecule has 0 aromatic heterocycles. The number of hydrogen-bond acceptors (Lipinski definition) is 2. The predicted molar refractivity (Wildman–Crippen MR) is 83.5 cm³/mol. The zero-order chi connectivity index (χ0) is 15.7. The Hall–Kier alpha value is -1.35. The molecule has 0 aromatic carbocycles. The van der Waals surface area contributed by atoms with Crippen LogP contribution >= 0.6 is 0 Å². The molecule has 0 bridgehead atoms. The summed E-state index contributed by atoms with van der Waals surface area (Å²) >= 11 is 0. The highest BCUT2D eigenvalue weighted by molar-refractivity contribution is 5.86. The van der Waals surface area contributed by atoms with E-state index < -0.39 is 12.1 Å². The molecule has 3 atom stereocenters. The van der Waals surface area contributed by atoms with Crippen molar-refractivity contribution in [3.63, 3.8) is 0 Å². The van der Waals surface area contributed by atoms with E-state index in [1.807, 2.05) is 6.08 Å². The molecule has 0 aliphatic carbocycles. The molecule has 0 heterocycles. The smallest absolute Gasteiger partial charge is 0.331 e. The Bertz CT molecular complexity index is 357. The summed E-state index contributed by atoms with van der Waals surface area (Å²) in [6.45, 7) is 15.0. The van der Waals surface area contributed by atoms with Crippen molar-refractivity contribution < 1.29 is 15.0 Å². The van der Waals surface area contributed by atoms with Crippen LogP contribution in [0.15, 0.2) is 37.0 Å². The molecular weight excluding hydrogens is 252 g/mol. The normalized spacial score (nSPS) is 15.2. The minimum atomic E-state index is -0.984. The average Bonchev–Trinajstić information content (AvgIpc) is 2.39. The van der Waals surface area contributed by atoms with Gasteiger partial charge in [0.15, 0.2) is 0 Å². The van der Waals surface area contributed by atoms with Gasteiger partial charge in [-0.1, -0.05) is 38.2 Å². The number of rotatable bonds is 11. The largest absolute Gasteiger partial charge is 0.478 e. The van der Waals surface area contributed by atoms with Crippen LogP contribution in [0.2, 0.25) is 0 Å². The number of aliphatic carboxylic acids is 1. The van der Waals surface area contributed by atoms with Gasteiger partial charge in [-0.15, -0.1) is 6.58 Å². The van der Waals surface area contributed by atoms with Gasteiger partial charge >= 0.3 is 5.97 Å². The third-order valence-corrected chi connectivity index (χ3v) is 3.72. The van der Waals surface area contributed by atoms with Gasteiger partial charge in [0.1, 0.15) is 0 Å². The number of carbonyl (C=O) groups is 1. The third kappa shape index (κ3) is 7.29. The van der Waals surface area contributed by atoms with E-state index in [4.69, 9.17) is 5.11 Å². The van der Waals surface area contributed by atoms with Crippen molar-refractivity contribution in [3.05, 3.63) is 37.0 Å². The number of carboxylic acid groups (broad SMARTS) is 1. The zero-order valence-electron chi connectivity index (χ0n) is 12.8. The SMILES string of the molecule is C=CCCC(C)CCC(CC(O)C(=C)C)C(=C)C(=O)O. The van der Waals surface area contributed by atoms with Crippen molar-refractivity contribution >= 4 is 5.97 Å². The molecule has 0 spiro atoms. The van der Waals surface area contributed by atoms with E-state index in [9.17, 15) is 9.90 Å². The van der Waals surface area contributed by atoms with Crippen LogP contribution in [0.3, 0.4) is 0 Å². The van der Waals surface area contributed by atoms with Crippen LogP contribution in [-0.2, 0) is 4.79 Å². The van der Waals surface area contributed by atoms with E-state index in [1.54, 1.807) is 6.92 Å². The van der Waals surface area contributed by atoms with Gasteiger partial charge in [-0.2, -0.15) is 0 Å². The molecule has 0 saturated heterocycles. The van der Waals surface area contributed by atoms with Crippen molar-refractivity contribution in [1.82, 2.24) is 0 Å². The van der Waals surface area contributed by atoms with Gasteiger partial charge in [0.05, 0.1) is 6.10 Å². The van der Waals surface area contributed by atoms with Gasteiger partial charge < -0.3 is 10.2 Å². The fourth-order valence-corrected chi connectivity index (χ4v) is 2.11. The molecule has 0 saturated carbocycles. The molecule has 0 aliphatic rings. The summed E-state index contributed by atoms with van der Waals surface area (Å²) in [5, 5.41) is 19.0. The van der Waals surface area contributed by atoms with Gasteiger partial charge in [0.2, 0.25) is 0 Å². The number of aliphatic hydroxyl groups is 1. The van der Waals surface area contributed by atoms with Crippen LogP contribution in [0.5, 0.6) is 0 Å². The minimum Gasteiger partial charge on any atom is -0.478 e. The van der Waals surface area contributed by atoms with Crippen LogP contribution in [0.1, 0.15) is 46.0 Å². The summed E-state index contributed by atoms with van der Waals surface area (Å²) in [6, 6.07) is 0. The van der Waals surface area contributed by atoms with E-state index >= 15 is 0 Å². The van der Waals surface area contributed by atoms with Crippen molar-refractivity contribution in [3.8, 4) is 0 Å². The van der Waals surface area contributed by atoms with Crippen LogP contribution in [0.4, 0.5) is 0 Å². The van der Waals surface area contributed by atoms with Crippen LogP contribution in [0, 0.1) is 11.8 Å². The molecule has 0 amide bonds. The fraction of sp³-hybridized carbons (Fsp3) is 0.588. The summed E-state index contributed by atoms with van der Waals surface area (Å²) in [5.74, 6) is -0.674. The van der Waals surface area contributed by atoms with E-state index in [2.05, 4.69) is 26.7 Å². The maximum atomic E-state index is 11.1. The second kappa shape index (κ2) is 9.54. The summed E-state index contributed by atoms with van der Waals surface area (Å²) < 4.78 is 0. The molecule has 3 heteroatoms. The standard InChI is InChI=1S/C17H28O3/c1-6-7-8-13(4)9-10-15(14(5)17(19)20)11-16(18)12(2)3/h6,13,15-16,18H,1-2,5,7-11H2,3-4H3,(H,19,20). The van der Waals surface area contributed by atoms with Gasteiger partial charge in [-0.25, -0.2) is 4.79 Å². The first-order chi connectivity index (χ1) is 9.29. The maximum Gasteiger partial charge on any atom is 0.331 e. The first-order valence-corrected chi connectivity index (χ1v) is 7.16. The Morgan fingerprint density at radius 1 is 1.25 bits per heavy atom. The summed E-state index contributed by atoms with van der Waals surface area (Å²) in [6.07, 6.45) is 5.30. The van der Waals surface area contributed by atoms with Gasteiger partial charge in [0, 0.05) is 5.57 Å². The van der Waals surface area contributed by atoms with Crippen molar-refractivity contribution in [2.75, 3.05) is 0 Å². The molecule has 2 N–H and O–H groups in total. The number of aliphatic hydroxyl groups excluding tert-OH is 1. The molecule has 0 fully saturated rings. The average molecular weight is 280 g/mol. The third-order valence-electron chi connectivity index (χ3n) is 3.72. The zero-order valence-corrected chi connectivity index (χ0v) is 12.8.